The Bertz CT molecular complexity index is 1270. The highest BCUT2D eigenvalue weighted by molar-refractivity contribution is 5.84. The number of carbonyl (C=O) groups excluding carboxylic acids is 1. The van der Waals surface area contributed by atoms with Gasteiger partial charge in [0, 0.05) is 50.5 Å². The maximum absolute atomic E-state index is 12.5. The summed E-state index contributed by atoms with van der Waals surface area (Å²) in [6, 6.07) is 24.2. The molecule has 0 unspecified atom stereocenters. The normalized spacial score (nSPS) is 14.2. The first-order valence-corrected chi connectivity index (χ1v) is 11.9. The van der Waals surface area contributed by atoms with E-state index in [9.17, 15) is 4.79 Å². The van der Waals surface area contributed by atoms with Gasteiger partial charge in [-0.05, 0) is 34.7 Å². The van der Waals surface area contributed by atoms with Crippen molar-refractivity contribution in [2.45, 2.75) is 13.2 Å². The summed E-state index contributed by atoms with van der Waals surface area (Å²) < 4.78 is 5.62. The van der Waals surface area contributed by atoms with E-state index in [1.54, 1.807) is 0 Å². The lowest BCUT2D eigenvalue weighted by Gasteiger charge is -2.34. The minimum Gasteiger partial charge on any atom is -0.367 e. The molecule has 1 fully saturated rings. The number of nitrogens with zero attached hydrogens (tertiary/aromatic N) is 4. The minimum atomic E-state index is 0.0545. The van der Waals surface area contributed by atoms with E-state index in [0.717, 1.165) is 47.6 Å². The lowest BCUT2D eigenvalue weighted by atomic mass is 10.2. The largest absolute Gasteiger partial charge is 0.367 e. The monoisotopic (exact) mass is 467 g/mol. The van der Waals surface area contributed by atoms with Crippen LogP contribution in [-0.2, 0) is 22.7 Å². The third kappa shape index (κ3) is 6.20. The highest BCUT2D eigenvalue weighted by Crippen LogP contribution is 2.20. The molecule has 178 valence electrons. The maximum atomic E-state index is 12.5. The predicted molar refractivity (Wildman–Crippen MR) is 137 cm³/mol. The number of amides is 1. The Morgan fingerprint density at radius 1 is 0.829 bits per heavy atom. The van der Waals surface area contributed by atoms with Crippen molar-refractivity contribution in [2.24, 2.45) is 0 Å². The number of rotatable bonds is 8. The van der Waals surface area contributed by atoms with Gasteiger partial charge in [-0.2, -0.15) is 0 Å². The molecule has 0 spiro atoms. The van der Waals surface area contributed by atoms with Crippen molar-refractivity contribution in [3.8, 4) is 0 Å². The van der Waals surface area contributed by atoms with E-state index in [0.29, 0.717) is 19.7 Å². The van der Waals surface area contributed by atoms with Crippen LogP contribution in [0.3, 0.4) is 0 Å². The van der Waals surface area contributed by atoms with E-state index >= 15 is 0 Å². The zero-order valence-corrected chi connectivity index (χ0v) is 19.6. The number of fused-ring (bicyclic) bond motifs is 1. The first-order chi connectivity index (χ1) is 17.2. The van der Waals surface area contributed by atoms with Crippen molar-refractivity contribution < 1.29 is 9.53 Å². The number of pyridine rings is 2. The third-order valence-electron chi connectivity index (χ3n) is 6.18. The van der Waals surface area contributed by atoms with Crippen LogP contribution in [-0.4, -0.2) is 58.5 Å². The van der Waals surface area contributed by atoms with Gasteiger partial charge in [0.15, 0.2) is 0 Å². The van der Waals surface area contributed by atoms with Crippen LogP contribution in [0, 0.1) is 0 Å². The summed E-state index contributed by atoms with van der Waals surface area (Å²) in [4.78, 5) is 25.7. The summed E-state index contributed by atoms with van der Waals surface area (Å²) >= 11 is 0. The summed E-state index contributed by atoms with van der Waals surface area (Å²) in [5, 5.41) is 5.57. The predicted octanol–water partition coefficient (Wildman–Crippen LogP) is 4.23. The molecule has 1 N–H and O–H groups in total. The van der Waals surface area contributed by atoms with Crippen LogP contribution in [0.25, 0.3) is 10.8 Å². The van der Waals surface area contributed by atoms with Crippen LogP contribution in [0.2, 0.25) is 0 Å². The van der Waals surface area contributed by atoms with E-state index in [-0.39, 0.29) is 12.5 Å². The molecule has 4 aromatic rings. The Hall–Kier alpha value is -3.81. The zero-order chi connectivity index (χ0) is 23.9. The second kappa shape index (κ2) is 11.1. The van der Waals surface area contributed by atoms with Crippen molar-refractivity contribution in [1.29, 1.82) is 0 Å². The Morgan fingerprint density at radius 3 is 2.40 bits per heavy atom. The molecule has 0 aliphatic carbocycles. The van der Waals surface area contributed by atoms with Crippen LogP contribution in [0.4, 0.5) is 11.6 Å². The van der Waals surface area contributed by atoms with Crippen LogP contribution >= 0.6 is 0 Å². The van der Waals surface area contributed by atoms with Crippen molar-refractivity contribution in [2.75, 3.05) is 38.1 Å². The molecule has 1 saturated heterocycles. The second-order valence-electron chi connectivity index (χ2n) is 8.73. The van der Waals surface area contributed by atoms with E-state index in [1.165, 1.54) is 5.56 Å². The lowest BCUT2D eigenvalue weighted by molar-refractivity contribution is -0.138. The summed E-state index contributed by atoms with van der Waals surface area (Å²) in [6.07, 6.45) is 3.69. The van der Waals surface area contributed by atoms with E-state index < -0.39 is 0 Å². The average molecular weight is 468 g/mol. The van der Waals surface area contributed by atoms with E-state index in [1.807, 2.05) is 71.9 Å². The minimum absolute atomic E-state index is 0.0545. The molecule has 0 bridgehead atoms. The van der Waals surface area contributed by atoms with E-state index in [4.69, 9.17) is 4.74 Å². The average Bonchev–Trinajstić information content (AvgIpc) is 2.90. The van der Waals surface area contributed by atoms with Crippen molar-refractivity contribution >= 4 is 28.3 Å². The Balaban J connectivity index is 1.10. The highest BCUT2D eigenvalue weighted by Gasteiger charge is 2.21. The molecule has 2 aromatic heterocycles. The van der Waals surface area contributed by atoms with Crippen LogP contribution in [0.1, 0.15) is 11.1 Å². The Morgan fingerprint density at radius 2 is 1.57 bits per heavy atom. The quantitative estimate of drug-likeness (QED) is 0.418. The summed E-state index contributed by atoms with van der Waals surface area (Å²) in [5.41, 5.74) is 2.25. The molecule has 0 atom stereocenters. The molecular formula is C28H29N5O2. The third-order valence-corrected chi connectivity index (χ3v) is 6.18. The second-order valence-corrected chi connectivity index (χ2v) is 8.73. The number of piperazine rings is 1. The van der Waals surface area contributed by atoms with Gasteiger partial charge >= 0.3 is 0 Å². The van der Waals surface area contributed by atoms with Gasteiger partial charge in [0.05, 0.1) is 6.61 Å². The van der Waals surface area contributed by atoms with Crippen molar-refractivity contribution in [3.63, 3.8) is 0 Å². The van der Waals surface area contributed by atoms with Crippen LogP contribution in [0.5, 0.6) is 0 Å². The van der Waals surface area contributed by atoms with Crippen molar-refractivity contribution in [1.82, 2.24) is 19.8 Å². The maximum Gasteiger partial charge on any atom is 0.248 e. The van der Waals surface area contributed by atoms with Gasteiger partial charge in [0.25, 0.3) is 0 Å². The lowest BCUT2D eigenvalue weighted by Crippen LogP contribution is -2.49. The van der Waals surface area contributed by atoms with Gasteiger partial charge < -0.3 is 15.0 Å². The zero-order valence-electron chi connectivity index (χ0n) is 19.6. The van der Waals surface area contributed by atoms with Gasteiger partial charge in [-0.3, -0.25) is 9.69 Å². The Labute approximate surface area is 205 Å². The summed E-state index contributed by atoms with van der Waals surface area (Å²) in [5.74, 6) is 1.60. The molecule has 35 heavy (non-hydrogen) atoms. The number of benzene rings is 2. The number of anilines is 2. The smallest absolute Gasteiger partial charge is 0.248 e. The summed E-state index contributed by atoms with van der Waals surface area (Å²) in [7, 11) is 0. The molecule has 7 nitrogen and oxygen atoms in total. The molecule has 1 aliphatic heterocycles. The number of nitrogens with one attached hydrogen (secondary N) is 1. The van der Waals surface area contributed by atoms with Crippen LogP contribution < -0.4 is 5.32 Å². The number of ether oxygens (including phenoxy) is 1. The molecule has 2 aromatic carbocycles. The number of hydrogen-bond donors (Lipinski definition) is 1. The van der Waals surface area contributed by atoms with Crippen LogP contribution in [0.15, 0.2) is 85.2 Å². The number of hydrogen-bond acceptors (Lipinski definition) is 6. The fraction of sp³-hybridized carbons (Fsp3) is 0.250. The molecule has 1 aliphatic rings. The fourth-order valence-corrected chi connectivity index (χ4v) is 4.26. The Kier molecular flexibility index (Phi) is 7.27. The molecule has 3 heterocycles. The number of aromatic nitrogens is 2. The van der Waals surface area contributed by atoms with Crippen molar-refractivity contribution in [3.05, 3.63) is 96.3 Å². The molecular weight excluding hydrogens is 438 g/mol. The first-order valence-electron chi connectivity index (χ1n) is 11.9. The van der Waals surface area contributed by atoms with Gasteiger partial charge in [-0.1, -0.05) is 54.6 Å². The van der Waals surface area contributed by atoms with Gasteiger partial charge in [0.1, 0.15) is 18.2 Å². The fourth-order valence-electron chi connectivity index (χ4n) is 4.26. The molecule has 0 saturated carbocycles. The standard InChI is InChI=1S/C28H29N5O2/c34-28(21-35-20-22-6-2-1-3-7-22)33-14-12-32(13-15-33)19-23-10-11-29-26(16-23)31-27-17-24-8-4-5-9-25(24)18-30-27/h1-11,16-18H,12-15,19-21H2,(H,29,30,31). The topological polar surface area (TPSA) is 70.6 Å². The molecule has 7 heteroatoms. The van der Waals surface area contributed by atoms with Gasteiger partial charge in [-0.15, -0.1) is 0 Å². The molecule has 1 amide bonds. The van der Waals surface area contributed by atoms with Gasteiger partial charge in [-0.25, -0.2) is 9.97 Å². The highest BCUT2D eigenvalue weighted by atomic mass is 16.5. The summed E-state index contributed by atoms with van der Waals surface area (Å²) in [6.45, 7) is 4.49. The first kappa shape index (κ1) is 23.0. The van der Waals surface area contributed by atoms with E-state index in [2.05, 4.69) is 38.4 Å². The molecule has 0 radical (unpaired) electrons. The molecule has 5 rings (SSSR count). The number of carbonyl (C=O) groups is 1. The van der Waals surface area contributed by atoms with Gasteiger partial charge in [0.2, 0.25) is 5.91 Å². The SMILES string of the molecule is O=C(COCc1ccccc1)N1CCN(Cc2ccnc(Nc3cc4ccccc4cn3)c2)CC1.